The van der Waals surface area contributed by atoms with E-state index >= 15 is 0 Å². The Balaban J connectivity index is 0.00000151. The number of aromatic hydroxyl groups is 1. The van der Waals surface area contributed by atoms with Gasteiger partial charge in [-0.1, -0.05) is 53.6 Å². The second-order valence-corrected chi connectivity index (χ2v) is 13.5. The number of halogens is 2. The average molecular weight is 518 g/mol. The molecule has 0 radical (unpaired) electrons. The standard InChI is InChI=1S/C25H38NOP.2ClH.Ti/c1-16(2)26(17(3)4)15-20-12-10-11-18(5)24(20)28-22-14-21(25(7,8)9)13-19(6)23(22)27;;;/h10-14,16-17,27-28H,15H2,1-9H3;2*1H;/q;;;+2/p-2. The molecule has 0 spiro atoms. The fraction of sp³-hybridized carbons (Fsp3) is 0.520. The van der Waals surface area contributed by atoms with Crippen LogP contribution in [0.3, 0.4) is 0 Å². The third-order valence-electron chi connectivity index (χ3n) is 5.46. The van der Waals surface area contributed by atoms with Crippen molar-refractivity contribution in [3.8, 4) is 5.75 Å². The Morgan fingerprint density at radius 3 is 2.03 bits per heavy atom. The number of aryl methyl sites for hydroxylation is 2. The van der Waals surface area contributed by atoms with Gasteiger partial charge in [-0.3, -0.25) is 4.90 Å². The number of rotatable bonds is 6. The van der Waals surface area contributed by atoms with Gasteiger partial charge in [0.05, 0.1) is 0 Å². The molecule has 0 heterocycles. The Kier molecular flexibility index (Phi) is 12.1. The van der Waals surface area contributed by atoms with E-state index in [1.807, 2.05) is 6.92 Å². The van der Waals surface area contributed by atoms with Gasteiger partial charge in [-0.05, 0) is 80.6 Å². The summed E-state index contributed by atoms with van der Waals surface area (Å²) in [6.07, 6.45) is 0. The van der Waals surface area contributed by atoms with E-state index in [0.717, 1.165) is 17.4 Å². The molecular formula is C25H38Cl2NOPTi. The zero-order valence-electron chi connectivity index (χ0n) is 20.4. The molecule has 0 bridgehead atoms. The van der Waals surface area contributed by atoms with Crippen LogP contribution in [0, 0.1) is 13.8 Å². The molecule has 0 aliphatic carbocycles. The van der Waals surface area contributed by atoms with Crippen LogP contribution in [-0.2, 0) is 29.0 Å². The van der Waals surface area contributed by atoms with Crippen molar-refractivity contribution < 1.29 is 22.1 Å². The van der Waals surface area contributed by atoms with E-state index in [-0.39, 0.29) is 5.41 Å². The van der Waals surface area contributed by atoms with Crippen molar-refractivity contribution in [3.63, 3.8) is 0 Å². The topological polar surface area (TPSA) is 23.5 Å². The first-order valence-corrected chi connectivity index (χ1v) is 16.0. The third kappa shape index (κ3) is 8.65. The fourth-order valence-corrected chi connectivity index (χ4v) is 5.06. The molecule has 172 valence electrons. The van der Waals surface area contributed by atoms with Gasteiger partial charge in [0.2, 0.25) is 0 Å². The van der Waals surface area contributed by atoms with E-state index in [2.05, 4.69) is 90.6 Å². The molecule has 0 aliphatic heterocycles. The summed E-state index contributed by atoms with van der Waals surface area (Å²) < 4.78 is 0. The van der Waals surface area contributed by atoms with E-state index in [1.165, 1.54) is 22.0 Å². The molecule has 0 saturated heterocycles. The van der Waals surface area contributed by atoms with Gasteiger partial charge in [0.1, 0.15) is 5.75 Å². The minimum absolute atomic E-state index is 0.0678. The van der Waals surface area contributed by atoms with Gasteiger partial charge in [-0.2, -0.15) is 0 Å². The second kappa shape index (κ2) is 13.0. The monoisotopic (exact) mass is 517 g/mol. The molecule has 0 fully saturated rings. The first-order chi connectivity index (χ1) is 14.3. The van der Waals surface area contributed by atoms with Crippen molar-refractivity contribution in [2.24, 2.45) is 0 Å². The van der Waals surface area contributed by atoms with Gasteiger partial charge in [-0.15, -0.1) is 0 Å². The molecule has 0 aliphatic rings. The van der Waals surface area contributed by atoms with Crippen LogP contribution in [0.2, 0.25) is 0 Å². The van der Waals surface area contributed by atoms with Crippen molar-refractivity contribution in [2.45, 2.75) is 86.4 Å². The molecule has 0 aromatic heterocycles. The Morgan fingerprint density at radius 2 is 1.55 bits per heavy atom. The number of nitrogens with zero attached hydrogens (tertiary/aromatic N) is 1. The Hall–Kier alpha value is -0.0757. The summed E-state index contributed by atoms with van der Waals surface area (Å²) >= 11 is -0.556. The quantitative estimate of drug-likeness (QED) is 0.331. The van der Waals surface area contributed by atoms with Crippen LogP contribution in [-0.4, -0.2) is 22.1 Å². The summed E-state index contributed by atoms with van der Waals surface area (Å²) in [4.78, 5) is 2.53. The summed E-state index contributed by atoms with van der Waals surface area (Å²) in [7, 11) is 10.2. The van der Waals surface area contributed by atoms with Gasteiger partial charge in [0.15, 0.2) is 0 Å². The SMILES string of the molecule is Cc1cc(C(C)(C)C)cc(Pc2c(C)cccc2CN(C(C)C)C(C)C)c1O.[Cl][Ti][Cl]. The van der Waals surface area contributed by atoms with Gasteiger partial charge in [0, 0.05) is 23.9 Å². The van der Waals surface area contributed by atoms with Crippen LogP contribution in [0.1, 0.15) is 70.7 Å². The van der Waals surface area contributed by atoms with E-state index in [0.29, 0.717) is 26.4 Å². The predicted molar refractivity (Wildman–Crippen MR) is 138 cm³/mol. The van der Waals surface area contributed by atoms with Crippen molar-refractivity contribution in [1.29, 1.82) is 0 Å². The predicted octanol–water partition coefficient (Wildman–Crippen LogP) is 6.93. The summed E-state index contributed by atoms with van der Waals surface area (Å²) in [6.45, 7) is 20.9. The molecule has 2 rings (SSSR count). The van der Waals surface area contributed by atoms with Gasteiger partial charge in [0.25, 0.3) is 0 Å². The molecule has 1 atom stereocenters. The van der Waals surface area contributed by atoms with E-state index in [1.54, 1.807) is 0 Å². The van der Waals surface area contributed by atoms with Gasteiger partial charge < -0.3 is 5.11 Å². The number of phenolic OH excluding ortho intramolecular Hbond substituents is 1. The van der Waals surface area contributed by atoms with Crippen LogP contribution in [0.15, 0.2) is 30.3 Å². The molecular weight excluding hydrogens is 480 g/mol. The first-order valence-electron chi connectivity index (χ1n) is 10.7. The molecule has 2 aromatic rings. The van der Waals surface area contributed by atoms with Crippen LogP contribution in [0.5, 0.6) is 5.75 Å². The van der Waals surface area contributed by atoms with Crippen molar-refractivity contribution >= 4 is 37.8 Å². The molecule has 2 aromatic carbocycles. The number of hydrogen-bond acceptors (Lipinski definition) is 2. The number of hydrogen-bond donors (Lipinski definition) is 1. The maximum atomic E-state index is 10.8. The Morgan fingerprint density at radius 1 is 1.00 bits per heavy atom. The molecule has 31 heavy (non-hydrogen) atoms. The second-order valence-electron chi connectivity index (χ2n) is 9.60. The number of benzene rings is 2. The summed E-state index contributed by atoms with van der Waals surface area (Å²) in [5, 5.41) is 13.2. The molecule has 6 heteroatoms. The normalized spacial score (nSPS) is 12.1. The zero-order chi connectivity index (χ0) is 23.9. The molecule has 2 nitrogen and oxygen atoms in total. The van der Waals surface area contributed by atoms with Crippen LogP contribution in [0.25, 0.3) is 0 Å². The summed E-state index contributed by atoms with van der Waals surface area (Å²) in [5.74, 6) is 0.449. The first kappa shape index (κ1) is 29.0. The van der Waals surface area contributed by atoms with Crippen LogP contribution in [0.4, 0.5) is 0 Å². The van der Waals surface area contributed by atoms with Crippen molar-refractivity contribution in [1.82, 2.24) is 4.90 Å². The minimum atomic E-state index is -0.556. The van der Waals surface area contributed by atoms with Crippen molar-refractivity contribution in [2.75, 3.05) is 0 Å². The fourth-order valence-electron chi connectivity index (χ4n) is 3.64. The van der Waals surface area contributed by atoms with Crippen LogP contribution < -0.4 is 10.6 Å². The van der Waals surface area contributed by atoms with Crippen molar-refractivity contribution in [3.05, 3.63) is 52.6 Å². The molecule has 0 saturated carbocycles. The average Bonchev–Trinajstić information content (AvgIpc) is 2.64. The molecule has 0 amide bonds. The van der Waals surface area contributed by atoms with Crippen LogP contribution >= 0.6 is 27.2 Å². The van der Waals surface area contributed by atoms with E-state index < -0.39 is 17.0 Å². The molecule has 1 N–H and O–H groups in total. The molecule has 1 unspecified atom stereocenters. The van der Waals surface area contributed by atoms with Gasteiger partial charge >= 0.3 is 35.6 Å². The third-order valence-corrected chi connectivity index (χ3v) is 7.08. The number of phenols is 1. The maximum absolute atomic E-state index is 10.8. The Labute approximate surface area is 208 Å². The van der Waals surface area contributed by atoms with E-state index in [4.69, 9.17) is 18.6 Å². The summed E-state index contributed by atoms with van der Waals surface area (Å²) in [6, 6.07) is 11.9. The zero-order valence-corrected chi connectivity index (χ0v) is 24.5. The Bertz CT molecular complexity index is 842. The summed E-state index contributed by atoms with van der Waals surface area (Å²) in [5.41, 5.74) is 5.00. The van der Waals surface area contributed by atoms with Gasteiger partial charge in [-0.25, -0.2) is 0 Å². The van der Waals surface area contributed by atoms with E-state index in [9.17, 15) is 5.11 Å².